The third-order valence-electron chi connectivity index (χ3n) is 2.26. The Balaban J connectivity index is 2.29. The summed E-state index contributed by atoms with van der Waals surface area (Å²) in [5.41, 5.74) is 0. The zero-order valence-corrected chi connectivity index (χ0v) is 9.93. The SMILES string of the molecule is COCCC(C)N[C@H](C)c1cccs1. The Kier molecular flexibility index (Phi) is 5.15. The van der Waals surface area contributed by atoms with Crippen LogP contribution in [0.2, 0.25) is 0 Å². The second kappa shape index (κ2) is 6.17. The number of rotatable bonds is 6. The summed E-state index contributed by atoms with van der Waals surface area (Å²) in [5, 5.41) is 5.67. The molecule has 0 bridgehead atoms. The molecule has 1 rings (SSSR count). The number of thiophene rings is 1. The summed E-state index contributed by atoms with van der Waals surface area (Å²) in [6, 6.07) is 5.22. The summed E-state index contributed by atoms with van der Waals surface area (Å²) in [5.74, 6) is 0. The van der Waals surface area contributed by atoms with Gasteiger partial charge >= 0.3 is 0 Å². The van der Waals surface area contributed by atoms with Gasteiger partial charge in [0, 0.05) is 30.7 Å². The van der Waals surface area contributed by atoms with E-state index in [2.05, 4.69) is 36.7 Å². The highest BCUT2D eigenvalue weighted by Crippen LogP contribution is 2.18. The number of methoxy groups -OCH3 is 1. The van der Waals surface area contributed by atoms with Crippen molar-refractivity contribution in [1.29, 1.82) is 0 Å². The lowest BCUT2D eigenvalue weighted by atomic mass is 10.2. The van der Waals surface area contributed by atoms with E-state index in [-0.39, 0.29) is 0 Å². The molecule has 0 spiro atoms. The van der Waals surface area contributed by atoms with Gasteiger partial charge in [0.25, 0.3) is 0 Å². The zero-order chi connectivity index (χ0) is 10.4. The molecule has 3 heteroatoms. The Morgan fingerprint density at radius 3 is 2.86 bits per heavy atom. The summed E-state index contributed by atoms with van der Waals surface area (Å²) in [4.78, 5) is 1.40. The van der Waals surface area contributed by atoms with Crippen molar-refractivity contribution in [3.05, 3.63) is 22.4 Å². The Morgan fingerprint density at radius 2 is 2.29 bits per heavy atom. The molecule has 2 nitrogen and oxygen atoms in total. The molecule has 0 saturated carbocycles. The van der Waals surface area contributed by atoms with Crippen LogP contribution in [0.5, 0.6) is 0 Å². The van der Waals surface area contributed by atoms with Gasteiger partial charge in [0.15, 0.2) is 0 Å². The van der Waals surface area contributed by atoms with Crippen LogP contribution in [0.15, 0.2) is 17.5 Å². The molecule has 1 aromatic rings. The fraction of sp³-hybridized carbons (Fsp3) is 0.636. The molecular weight excluding hydrogens is 194 g/mol. The molecule has 1 unspecified atom stereocenters. The van der Waals surface area contributed by atoms with Crippen molar-refractivity contribution in [1.82, 2.24) is 5.32 Å². The molecule has 0 aliphatic heterocycles. The lowest BCUT2D eigenvalue weighted by molar-refractivity contribution is 0.183. The normalized spacial score (nSPS) is 15.4. The minimum atomic E-state index is 0.446. The lowest BCUT2D eigenvalue weighted by Crippen LogP contribution is -2.29. The van der Waals surface area contributed by atoms with Crippen molar-refractivity contribution in [2.45, 2.75) is 32.4 Å². The van der Waals surface area contributed by atoms with Crippen LogP contribution in [-0.2, 0) is 4.74 Å². The van der Waals surface area contributed by atoms with Gasteiger partial charge in [-0.05, 0) is 31.7 Å². The molecule has 2 atom stereocenters. The number of nitrogens with one attached hydrogen (secondary N) is 1. The Bertz CT molecular complexity index is 235. The first kappa shape index (κ1) is 11.7. The van der Waals surface area contributed by atoms with Gasteiger partial charge in [-0.25, -0.2) is 0 Å². The molecule has 0 saturated heterocycles. The zero-order valence-electron chi connectivity index (χ0n) is 9.12. The number of hydrogen-bond donors (Lipinski definition) is 1. The first-order chi connectivity index (χ1) is 6.74. The molecule has 0 fully saturated rings. The van der Waals surface area contributed by atoms with Gasteiger partial charge in [0.1, 0.15) is 0 Å². The van der Waals surface area contributed by atoms with Gasteiger partial charge in [-0.2, -0.15) is 0 Å². The average Bonchev–Trinajstić information content (AvgIpc) is 2.67. The van der Waals surface area contributed by atoms with Crippen LogP contribution in [0, 0.1) is 0 Å². The van der Waals surface area contributed by atoms with Crippen LogP contribution in [0.1, 0.15) is 31.2 Å². The predicted octanol–water partition coefficient (Wildman–Crippen LogP) is 2.82. The van der Waals surface area contributed by atoms with Crippen LogP contribution >= 0.6 is 11.3 Å². The van der Waals surface area contributed by atoms with Crippen LogP contribution in [0.25, 0.3) is 0 Å². The third kappa shape index (κ3) is 3.78. The first-order valence-corrected chi connectivity index (χ1v) is 5.90. The van der Waals surface area contributed by atoms with Crippen molar-refractivity contribution >= 4 is 11.3 Å². The van der Waals surface area contributed by atoms with Crippen molar-refractivity contribution in [3.63, 3.8) is 0 Å². The second-order valence-corrected chi connectivity index (χ2v) is 4.57. The molecular formula is C11H19NOS. The van der Waals surface area contributed by atoms with Gasteiger partial charge in [-0.1, -0.05) is 6.07 Å². The summed E-state index contributed by atoms with van der Waals surface area (Å²) >= 11 is 1.80. The average molecular weight is 213 g/mol. The van der Waals surface area contributed by atoms with E-state index in [1.807, 2.05) is 0 Å². The van der Waals surface area contributed by atoms with E-state index >= 15 is 0 Å². The van der Waals surface area contributed by atoms with Crippen molar-refractivity contribution in [3.8, 4) is 0 Å². The van der Waals surface area contributed by atoms with Gasteiger partial charge in [0.05, 0.1) is 0 Å². The molecule has 1 aromatic heterocycles. The van der Waals surface area contributed by atoms with Crippen LogP contribution in [0.3, 0.4) is 0 Å². The molecule has 0 aromatic carbocycles. The van der Waals surface area contributed by atoms with E-state index in [0.717, 1.165) is 13.0 Å². The fourth-order valence-electron chi connectivity index (χ4n) is 1.42. The minimum Gasteiger partial charge on any atom is -0.385 e. The molecule has 0 amide bonds. The van der Waals surface area contributed by atoms with Gasteiger partial charge in [0.2, 0.25) is 0 Å². The predicted molar refractivity (Wildman–Crippen MR) is 61.8 cm³/mol. The maximum Gasteiger partial charge on any atom is 0.0476 e. The van der Waals surface area contributed by atoms with Crippen LogP contribution in [-0.4, -0.2) is 19.8 Å². The first-order valence-electron chi connectivity index (χ1n) is 5.02. The summed E-state index contributed by atoms with van der Waals surface area (Å²) in [6.07, 6.45) is 1.06. The Hall–Kier alpha value is -0.380. The highest BCUT2D eigenvalue weighted by molar-refractivity contribution is 7.10. The maximum atomic E-state index is 5.05. The minimum absolute atomic E-state index is 0.446. The van der Waals surface area contributed by atoms with Gasteiger partial charge in [-0.15, -0.1) is 11.3 Å². The fourth-order valence-corrected chi connectivity index (χ4v) is 2.17. The monoisotopic (exact) mass is 213 g/mol. The number of ether oxygens (including phenoxy) is 1. The second-order valence-electron chi connectivity index (χ2n) is 3.59. The smallest absolute Gasteiger partial charge is 0.0476 e. The highest BCUT2D eigenvalue weighted by Gasteiger charge is 2.09. The van der Waals surface area contributed by atoms with Crippen molar-refractivity contribution in [2.24, 2.45) is 0 Å². The summed E-state index contributed by atoms with van der Waals surface area (Å²) in [6.45, 7) is 5.23. The lowest BCUT2D eigenvalue weighted by Gasteiger charge is -2.18. The molecule has 80 valence electrons. The molecule has 0 aliphatic rings. The quantitative estimate of drug-likeness (QED) is 0.784. The largest absolute Gasteiger partial charge is 0.385 e. The molecule has 0 radical (unpaired) electrons. The summed E-state index contributed by atoms with van der Waals surface area (Å²) in [7, 11) is 1.75. The molecule has 1 heterocycles. The van der Waals surface area contributed by atoms with Gasteiger partial charge in [-0.3, -0.25) is 0 Å². The van der Waals surface area contributed by atoms with E-state index in [9.17, 15) is 0 Å². The van der Waals surface area contributed by atoms with E-state index in [1.54, 1.807) is 18.4 Å². The third-order valence-corrected chi connectivity index (χ3v) is 3.31. The maximum absolute atomic E-state index is 5.05. The standard InChI is InChI=1S/C11H19NOS/c1-9(6-7-13-3)12-10(2)11-5-4-8-14-11/h4-5,8-10,12H,6-7H2,1-3H3/t9?,10-/m1/s1. The van der Waals surface area contributed by atoms with Crippen LogP contribution < -0.4 is 5.32 Å². The molecule has 14 heavy (non-hydrogen) atoms. The van der Waals surface area contributed by atoms with Crippen LogP contribution in [0.4, 0.5) is 0 Å². The van der Waals surface area contributed by atoms with Gasteiger partial charge < -0.3 is 10.1 Å². The van der Waals surface area contributed by atoms with E-state index in [4.69, 9.17) is 4.74 Å². The van der Waals surface area contributed by atoms with E-state index < -0.39 is 0 Å². The highest BCUT2D eigenvalue weighted by atomic mass is 32.1. The molecule has 1 N–H and O–H groups in total. The topological polar surface area (TPSA) is 21.3 Å². The number of hydrogen-bond acceptors (Lipinski definition) is 3. The summed E-state index contributed by atoms with van der Waals surface area (Å²) < 4.78 is 5.05. The Labute approximate surface area is 90.3 Å². The van der Waals surface area contributed by atoms with E-state index in [0.29, 0.717) is 12.1 Å². The van der Waals surface area contributed by atoms with E-state index in [1.165, 1.54) is 4.88 Å². The molecule has 0 aliphatic carbocycles. The van der Waals surface area contributed by atoms with Crippen molar-refractivity contribution in [2.75, 3.05) is 13.7 Å². The van der Waals surface area contributed by atoms with Crippen molar-refractivity contribution < 1.29 is 4.74 Å². The Morgan fingerprint density at radius 1 is 1.50 bits per heavy atom.